The maximum Gasteiger partial charge on any atom is 0.296 e. The van der Waals surface area contributed by atoms with Crippen molar-refractivity contribution in [3.05, 3.63) is 42.5 Å². The average molecular weight is 362 g/mol. The van der Waals surface area contributed by atoms with Crippen LogP contribution in [0.1, 0.15) is 0 Å². The van der Waals surface area contributed by atoms with Crippen molar-refractivity contribution >= 4 is 50.2 Å². The molecule has 0 heterocycles. The molecule has 0 saturated heterocycles. The van der Waals surface area contributed by atoms with Crippen molar-refractivity contribution in [1.82, 2.24) is 0 Å². The first kappa shape index (κ1) is 17.9. The minimum atomic E-state index is -4.48. The minimum absolute atomic E-state index is 0.00231. The van der Waals surface area contributed by atoms with Crippen molar-refractivity contribution < 1.29 is 13.0 Å². The number of hydrogen-bond donors (Lipinski definition) is 1. The van der Waals surface area contributed by atoms with Crippen LogP contribution in [0.2, 0.25) is 0 Å². The molecule has 0 saturated carbocycles. The first-order chi connectivity index (χ1) is 11.3. The number of azo groups is 1. The van der Waals surface area contributed by atoms with Crippen LogP contribution in [0, 0.1) is 0 Å². The van der Waals surface area contributed by atoms with Gasteiger partial charge in [0, 0.05) is 19.8 Å². The van der Waals surface area contributed by atoms with Gasteiger partial charge in [0.05, 0.1) is 16.5 Å². The largest absolute Gasteiger partial charge is 0.378 e. The molecule has 0 radical (unpaired) electrons. The molecule has 0 amide bonds. The smallest absolute Gasteiger partial charge is 0.296 e. The summed E-state index contributed by atoms with van der Waals surface area (Å²) in [5, 5.41) is 10.0. The van der Waals surface area contributed by atoms with Gasteiger partial charge < -0.3 is 4.90 Å². The van der Waals surface area contributed by atoms with Crippen LogP contribution in [0.25, 0.3) is 0 Å². The van der Waals surface area contributed by atoms with Crippen molar-refractivity contribution in [2.45, 2.75) is 4.90 Å². The molecule has 2 aromatic rings. The van der Waals surface area contributed by atoms with E-state index in [0.29, 0.717) is 5.69 Å². The van der Waals surface area contributed by atoms with Crippen molar-refractivity contribution in [1.29, 1.82) is 0 Å². The zero-order chi connectivity index (χ0) is 17.7. The van der Waals surface area contributed by atoms with Gasteiger partial charge in [-0.15, -0.1) is 5.11 Å². The quantitative estimate of drug-likeness (QED) is 0.373. The molecule has 7 nitrogen and oxygen atoms in total. The van der Waals surface area contributed by atoms with Crippen LogP contribution >= 0.6 is 12.2 Å². The predicted molar refractivity (Wildman–Crippen MR) is 95.9 cm³/mol. The molecule has 0 aliphatic heterocycles. The van der Waals surface area contributed by atoms with Crippen molar-refractivity contribution in [3.63, 3.8) is 0 Å². The Morgan fingerprint density at radius 1 is 1.04 bits per heavy atom. The number of aliphatic imine (C=N–C) groups is 1. The fraction of sp³-hybridized carbons (Fsp3) is 0.133. The molecule has 0 spiro atoms. The van der Waals surface area contributed by atoms with Gasteiger partial charge in [-0.2, -0.15) is 18.5 Å². The molecular formula is C15H14N4O3S2. The summed E-state index contributed by atoms with van der Waals surface area (Å²) in [5.41, 5.74) is 1.78. The molecule has 0 fully saturated rings. The molecule has 0 aromatic heterocycles. The Kier molecular flexibility index (Phi) is 5.53. The molecule has 2 aromatic carbocycles. The lowest BCUT2D eigenvalue weighted by molar-refractivity contribution is 0.483. The third kappa shape index (κ3) is 4.53. The van der Waals surface area contributed by atoms with Gasteiger partial charge in [0.2, 0.25) is 0 Å². The van der Waals surface area contributed by atoms with Crippen LogP contribution in [0.4, 0.5) is 22.7 Å². The second-order valence-corrected chi connectivity index (χ2v) is 6.51. The van der Waals surface area contributed by atoms with Gasteiger partial charge in [0.15, 0.2) is 0 Å². The number of isothiocyanates is 1. The first-order valence-corrected chi connectivity index (χ1v) is 8.54. The second kappa shape index (κ2) is 7.41. The number of anilines is 1. The highest BCUT2D eigenvalue weighted by atomic mass is 32.2. The predicted octanol–water partition coefficient (Wildman–Crippen LogP) is 4.15. The van der Waals surface area contributed by atoms with Gasteiger partial charge in [-0.25, -0.2) is 0 Å². The molecule has 2 rings (SSSR count). The summed E-state index contributed by atoms with van der Waals surface area (Å²) in [6.07, 6.45) is 0. The molecule has 0 atom stereocenters. The fourth-order valence-electron chi connectivity index (χ4n) is 1.84. The lowest BCUT2D eigenvalue weighted by atomic mass is 10.3. The van der Waals surface area contributed by atoms with Crippen LogP contribution < -0.4 is 4.90 Å². The highest BCUT2D eigenvalue weighted by molar-refractivity contribution is 7.86. The molecule has 9 heteroatoms. The molecule has 124 valence electrons. The Bertz CT molecular complexity index is 916. The summed E-state index contributed by atoms with van der Waals surface area (Å²) in [5.74, 6) is 0. The maximum absolute atomic E-state index is 11.5. The van der Waals surface area contributed by atoms with Gasteiger partial charge >= 0.3 is 0 Å². The molecule has 0 bridgehead atoms. The lowest BCUT2D eigenvalue weighted by Crippen LogP contribution is -2.07. The van der Waals surface area contributed by atoms with Crippen molar-refractivity contribution in [2.24, 2.45) is 15.2 Å². The summed E-state index contributed by atoms with van der Waals surface area (Å²) in [6.45, 7) is 0. The van der Waals surface area contributed by atoms with E-state index in [1.807, 2.05) is 31.1 Å². The first-order valence-electron chi connectivity index (χ1n) is 6.70. The standard InChI is InChI=1S/C15H14N4O3S2/c1-19(2)13-6-3-11(4-7-13)17-18-14-8-5-12(16-10-23)9-15(14)24(20,21)22/h3-9H,1-2H3,(H,20,21,22)/b18-17+. The summed E-state index contributed by atoms with van der Waals surface area (Å²) in [4.78, 5) is 5.22. The van der Waals surface area contributed by atoms with Crippen molar-refractivity contribution in [3.8, 4) is 0 Å². The van der Waals surface area contributed by atoms with Crippen LogP contribution in [-0.4, -0.2) is 32.2 Å². The number of benzene rings is 2. The van der Waals surface area contributed by atoms with Crippen LogP contribution in [0.15, 0.2) is 62.6 Å². The van der Waals surface area contributed by atoms with E-state index in [4.69, 9.17) is 0 Å². The van der Waals surface area contributed by atoms with E-state index in [-0.39, 0.29) is 11.4 Å². The molecule has 0 aliphatic carbocycles. The second-order valence-electron chi connectivity index (χ2n) is 4.94. The zero-order valence-electron chi connectivity index (χ0n) is 12.9. The topological polar surface area (TPSA) is 94.7 Å². The molecule has 24 heavy (non-hydrogen) atoms. The lowest BCUT2D eigenvalue weighted by Gasteiger charge is -2.11. The average Bonchev–Trinajstić information content (AvgIpc) is 2.53. The number of rotatable bonds is 5. The van der Waals surface area contributed by atoms with Gasteiger partial charge in [-0.1, -0.05) is 0 Å². The summed E-state index contributed by atoms with van der Waals surface area (Å²) >= 11 is 4.47. The summed E-state index contributed by atoms with van der Waals surface area (Å²) < 4.78 is 32.3. The Hall–Kier alpha value is -2.45. The van der Waals surface area contributed by atoms with Crippen LogP contribution in [0.3, 0.4) is 0 Å². The van der Waals surface area contributed by atoms with E-state index >= 15 is 0 Å². The van der Waals surface area contributed by atoms with E-state index in [2.05, 4.69) is 32.6 Å². The Balaban J connectivity index is 2.39. The van der Waals surface area contributed by atoms with Gasteiger partial charge in [-0.3, -0.25) is 4.55 Å². The van der Waals surface area contributed by atoms with E-state index in [1.54, 1.807) is 12.1 Å². The Morgan fingerprint density at radius 2 is 1.67 bits per heavy atom. The monoisotopic (exact) mass is 362 g/mol. The Labute approximate surface area is 145 Å². The third-order valence-corrected chi connectivity index (χ3v) is 4.01. The van der Waals surface area contributed by atoms with Gasteiger partial charge in [0.25, 0.3) is 10.1 Å². The van der Waals surface area contributed by atoms with Crippen molar-refractivity contribution in [2.75, 3.05) is 19.0 Å². The molecule has 1 N–H and O–H groups in total. The SMILES string of the molecule is CN(C)c1ccc(/N=N/c2ccc(N=C=S)cc2S(=O)(=O)O)cc1. The highest BCUT2D eigenvalue weighted by Gasteiger charge is 2.16. The van der Waals surface area contributed by atoms with Crippen LogP contribution in [0.5, 0.6) is 0 Å². The summed E-state index contributed by atoms with van der Waals surface area (Å²) in [6, 6.07) is 11.2. The highest BCUT2D eigenvalue weighted by Crippen LogP contribution is 2.30. The third-order valence-electron chi connectivity index (χ3n) is 3.04. The zero-order valence-corrected chi connectivity index (χ0v) is 14.5. The van der Waals surface area contributed by atoms with Gasteiger partial charge in [0.1, 0.15) is 10.6 Å². The molecule has 0 aliphatic rings. The number of thiocarbonyl (C=S) groups is 1. The normalized spacial score (nSPS) is 11.3. The molecule has 0 unspecified atom stereocenters. The van der Waals surface area contributed by atoms with E-state index in [0.717, 1.165) is 11.8 Å². The minimum Gasteiger partial charge on any atom is -0.378 e. The number of hydrogen-bond acceptors (Lipinski definition) is 7. The Morgan fingerprint density at radius 3 is 2.21 bits per heavy atom. The van der Waals surface area contributed by atoms with E-state index < -0.39 is 15.0 Å². The maximum atomic E-state index is 11.5. The number of nitrogens with zero attached hydrogens (tertiary/aromatic N) is 4. The van der Waals surface area contributed by atoms with E-state index in [9.17, 15) is 13.0 Å². The van der Waals surface area contributed by atoms with Gasteiger partial charge in [-0.05, 0) is 54.7 Å². The van der Waals surface area contributed by atoms with E-state index in [1.165, 1.54) is 12.1 Å². The summed E-state index contributed by atoms with van der Waals surface area (Å²) in [7, 11) is -0.647. The van der Waals surface area contributed by atoms with Crippen LogP contribution in [-0.2, 0) is 10.1 Å². The fourth-order valence-corrected chi connectivity index (χ4v) is 2.59. The molecular weight excluding hydrogens is 348 g/mol.